The molecule has 1 aromatic carbocycles. The van der Waals surface area contributed by atoms with Crippen LogP contribution in [0.3, 0.4) is 0 Å². The number of ether oxygens (including phenoxy) is 3. The van der Waals surface area contributed by atoms with Crippen molar-refractivity contribution >= 4 is 5.84 Å². The van der Waals surface area contributed by atoms with Gasteiger partial charge in [-0.2, -0.15) is 0 Å². The van der Waals surface area contributed by atoms with Crippen LogP contribution < -0.4 is 19.9 Å². The Bertz CT molecular complexity index is 436. The second kappa shape index (κ2) is 7.03. The van der Waals surface area contributed by atoms with E-state index in [1.54, 1.807) is 14.2 Å². The van der Waals surface area contributed by atoms with Crippen molar-refractivity contribution in [2.45, 2.75) is 26.7 Å². The maximum atomic E-state index is 7.52. The quantitative estimate of drug-likeness (QED) is 0.436. The van der Waals surface area contributed by atoms with Crippen LogP contribution in [0.15, 0.2) is 18.2 Å². The minimum absolute atomic E-state index is 0.201. The number of methoxy groups -OCH3 is 2. The monoisotopic (exact) mass is 280 g/mol. The lowest BCUT2D eigenvalue weighted by molar-refractivity contribution is 0.257. The van der Waals surface area contributed by atoms with Crippen molar-refractivity contribution in [3.63, 3.8) is 0 Å². The number of hydrogen-bond acceptors (Lipinski definition) is 4. The Kier molecular flexibility index (Phi) is 5.67. The third-order valence-electron chi connectivity index (χ3n) is 3.30. The number of nitrogens with two attached hydrogens (primary N) is 1. The van der Waals surface area contributed by atoms with Gasteiger partial charge in [0.25, 0.3) is 0 Å². The number of benzene rings is 1. The molecular formula is C15H24N2O3. The zero-order valence-corrected chi connectivity index (χ0v) is 12.7. The van der Waals surface area contributed by atoms with Crippen LogP contribution in [-0.2, 0) is 0 Å². The highest BCUT2D eigenvalue weighted by Gasteiger charge is 2.21. The van der Waals surface area contributed by atoms with Gasteiger partial charge in [0, 0.05) is 5.41 Å². The molecular weight excluding hydrogens is 256 g/mol. The van der Waals surface area contributed by atoms with Crippen molar-refractivity contribution in [1.82, 2.24) is 0 Å². The molecule has 0 aliphatic carbocycles. The Morgan fingerprint density at radius 1 is 1.20 bits per heavy atom. The van der Waals surface area contributed by atoms with Gasteiger partial charge >= 0.3 is 0 Å². The van der Waals surface area contributed by atoms with Gasteiger partial charge in [0.2, 0.25) is 5.75 Å². The zero-order chi connectivity index (χ0) is 15.2. The highest BCUT2D eigenvalue weighted by molar-refractivity contribution is 5.82. The summed E-state index contributed by atoms with van der Waals surface area (Å²) in [5, 5.41) is 7.52. The predicted molar refractivity (Wildman–Crippen MR) is 80.0 cm³/mol. The van der Waals surface area contributed by atoms with Crippen LogP contribution in [-0.4, -0.2) is 26.7 Å². The van der Waals surface area contributed by atoms with E-state index < -0.39 is 0 Å². The Morgan fingerprint density at radius 2 is 1.75 bits per heavy atom. The minimum Gasteiger partial charge on any atom is -0.493 e. The van der Waals surface area contributed by atoms with Crippen LogP contribution in [0.4, 0.5) is 0 Å². The van der Waals surface area contributed by atoms with Gasteiger partial charge in [0.05, 0.1) is 26.7 Å². The minimum atomic E-state index is -0.297. The number of rotatable bonds is 8. The Labute approximate surface area is 120 Å². The lowest BCUT2D eigenvalue weighted by Gasteiger charge is -2.22. The fraction of sp³-hybridized carbons (Fsp3) is 0.533. The average molecular weight is 280 g/mol. The Morgan fingerprint density at radius 3 is 2.20 bits per heavy atom. The average Bonchev–Trinajstić information content (AvgIpc) is 2.43. The van der Waals surface area contributed by atoms with Gasteiger partial charge in [0.1, 0.15) is 0 Å². The number of nitrogens with one attached hydrogen (secondary N) is 1. The van der Waals surface area contributed by atoms with Crippen molar-refractivity contribution in [3.05, 3.63) is 18.2 Å². The lowest BCUT2D eigenvalue weighted by Crippen LogP contribution is -2.31. The van der Waals surface area contributed by atoms with Crippen molar-refractivity contribution in [2.75, 3.05) is 20.8 Å². The third kappa shape index (κ3) is 4.05. The highest BCUT2D eigenvalue weighted by Crippen LogP contribution is 2.37. The molecule has 0 aliphatic heterocycles. The van der Waals surface area contributed by atoms with E-state index >= 15 is 0 Å². The molecule has 20 heavy (non-hydrogen) atoms. The summed E-state index contributed by atoms with van der Waals surface area (Å²) in [5.41, 5.74) is 5.26. The van der Waals surface area contributed by atoms with Gasteiger partial charge in [-0.15, -0.1) is 0 Å². The molecule has 5 heteroatoms. The molecule has 0 unspecified atom stereocenters. The van der Waals surface area contributed by atoms with Crippen LogP contribution in [0.1, 0.15) is 26.7 Å². The third-order valence-corrected chi connectivity index (χ3v) is 3.30. The summed E-state index contributed by atoms with van der Waals surface area (Å²) in [6.07, 6.45) is 1.59. The number of para-hydroxylation sites is 1. The molecule has 0 heterocycles. The fourth-order valence-corrected chi connectivity index (χ4v) is 1.78. The van der Waals surface area contributed by atoms with Crippen molar-refractivity contribution in [3.8, 4) is 17.2 Å². The predicted octanol–water partition coefficient (Wildman–Crippen LogP) is 2.82. The summed E-state index contributed by atoms with van der Waals surface area (Å²) in [7, 11) is 3.20. The van der Waals surface area contributed by atoms with Crippen LogP contribution in [0, 0.1) is 10.8 Å². The molecule has 0 atom stereocenters. The largest absolute Gasteiger partial charge is 0.493 e. The molecule has 1 rings (SSSR count). The van der Waals surface area contributed by atoms with Gasteiger partial charge in [-0.05, 0) is 25.0 Å². The first kappa shape index (κ1) is 16.1. The SMILES string of the molecule is COc1cccc(OC)c1OCCCC(C)(C)C(=N)N. The van der Waals surface area contributed by atoms with Crippen LogP contribution in [0.2, 0.25) is 0 Å². The van der Waals surface area contributed by atoms with Crippen molar-refractivity contribution in [2.24, 2.45) is 11.1 Å². The molecule has 0 saturated heterocycles. The van der Waals surface area contributed by atoms with E-state index in [4.69, 9.17) is 25.4 Å². The smallest absolute Gasteiger partial charge is 0.203 e. The molecule has 3 N–H and O–H groups in total. The first-order valence-electron chi connectivity index (χ1n) is 6.60. The van der Waals surface area contributed by atoms with E-state index in [-0.39, 0.29) is 11.3 Å². The Balaban J connectivity index is 2.60. The molecule has 0 bridgehead atoms. The molecule has 112 valence electrons. The lowest BCUT2D eigenvalue weighted by atomic mass is 9.87. The van der Waals surface area contributed by atoms with E-state index in [1.165, 1.54) is 0 Å². The van der Waals surface area contributed by atoms with Crippen molar-refractivity contribution < 1.29 is 14.2 Å². The Hall–Kier alpha value is -1.91. The van der Waals surface area contributed by atoms with Crippen molar-refractivity contribution in [1.29, 1.82) is 5.41 Å². The summed E-state index contributed by atoms with van der Waals surface area (Å²) < 4.78 is 16.3. The van der Waals surface area contributed by atoms with E-state index in [2.05, 4.69) is 0 Å². The van der Waals surface area contributed by atoms with Crippen LogP contribution in [0.5, 0.6) is 17.2 Å². The normalized spacial score (nSPS) is 11.0. The number of amidine groups is 1. The van der Waals surface area contributed by atoms with Gasteiger partial charge in [-0.25, -0.2) is 0 Å². The van der Waals surface area contributed by atoms with E-state index in [0.717, 1.165) is 12.8 Å². The molecule has 0 radical (unpaired) electrons. The van der Waals surface area contributed by atoms with Gasteiger partial charge < -0.3 is 19.9 Å². The van der Waals surface area contributed by atoms with Gasteiger partial charge in [-0.3, -0.25) is 5.41 Å². The molecule has 0 aliphatic rings. The van der Waals surface area contributed by atoms with E-state index in [1.807, 2.05) is 32.0 Å². The van der Waals surface area contributed by atoms with E-state index in [0.29, 0.717) is 23.9 Å². The number of hydrogen-bond donors (Lipinski definition) is 2. The maximum absolute atomic E-state index is 7.52. The van der Waals surface area contributed by atoms with Crippen LogP contribution >= 0.6 is 0 Å². The first-order chi connectivity index (χ1) is 9.42. The molecule has 1 aromatic rings. The summed E-state index contributed by atoms with van der Waals surface area (Å²) in [6.45, 7) is 4.44. The van der Waals surface area contributed by atoms with Crippen LogP contribution in [0.25, 0.3) is 0 Å². The summed E-state index contributed by atoms with van der Waals surface area (Å²) >= 11 is 0. The van der Waals surface area contributed by atoms with Gasteiger partial charge in [0.15, 0.2) is 11.5 Å². The molecule has 0 saturated carbocycles. The molecule has 0 aromatic heterocycles. The topological polar surface area (TPSA) is 77.6 Å². The standard InChI is InChI=1S/C15H24N2O3/c1-15(2,14(16)17)9-6-10-20-13-11(18-3)7-5-8-12(13)19-4/h5,7-8H,6,9-10H2,1-4H3,(H3,16,17). The van der Waals surface area contributed by atoms with Gasteiger partial charge in [-0.1, -0.05) is 19.9 Å². The second-order valence-electron chi connectivity index (χ2n) is 5.24. The maximum Gasteiger partial charge on any atom is 0.203 e. The summed E-state index contributed by atoms with van der Waals surface area (Å²) in [5.74, 6) is 2.11. The molecule has 0 fully saturated rings. The summed E-state index contributed by atoms with van der Waals surface area (Å²) in [6, 6.07) is 5.51. The molecule has 0 amide bonds. The molecule has 5 nitrogen and oxygen atoms in total. The highest BCUT2D eigenvalue weighted by atomic mass is 16.5. The van der Waals surface area contributed by atoms with E-state index in [9.17, 15) is 0 Å². The summed E-state index contributed by atoms with van der Waals surface area (Å²) in [4.78, 5) is 0. The molecule has 0 spiro atoms. The fourth-order valence-electron chi connectivity index (χ4n) is 1.78. The second-order valence-corrected chi connectivity index (χ2v) is 5.24. The first-order valence-corrected chi connectivity index (χ1v) is 6.60. The zero-order valence-electron chi connectivity index (χ0n) is 12.7.